The summed E-state index contributed by atoms with van der Waals surface area (Å²) in [6.45, 7) is 6.29. The van der Waals surface area contributed by atoms with E-state index in [1.54, 1.807) is 0 Å². The van der Waals surface area contributed by atoms with E-state index in [0.717, 1.165) is 12.8 Å². The number of rotatable bonds is 5. The van der Waals surface area contributed by atoms with Crippen LogP contribution in [-0.4, -0.2) is 11.6 Å². The average molecular weight is 158 g/mol. The van der Waals surface area contributed by atoms with Crippen LogP contribution in [0.1, 0.15) is 46.5 Å². The largest absolute Gasteiger partial charge is 0.326 e. The second kappa shape index (κ2) is 4.73. The molecule has 2 atom stereocenters. The van der Waals surface area contributed by atoms with E-state index in [-0.39, 0.29) is 11.6 Å². The Hall–Kier alpha value is -0.0800. The fourth-order valence-corrected chi connectivity index (χ4v) is 1.23. The van der Waals surface area contributed by atoms with E-state index in [1.807, 2.05) is 6.92 Å². The molecule has 0 saturated heterocycles. The van der Waals surface area contributed by atoms with Gasteiger partial charge in [0.25, 0.3) is 0 Å². The molecule has 4 N–H and O–H groups in total. The summed E-state index contributed by atoms with van der Waals surface area (Å²) >= 11 is 0. The molecule has 0 aliphatic heterocycles. The molecule has 0 aromatic heterocycles. The summed E-state index contributed by atoms with van der Waals surface area (Å²) in [6.07, 6.45) is 4.42. The van der Waals surface area contributed by atoms with E-state index in [1.165, 1.54) is 12.8 Å². The number of unbranched alkanes of at least 4 members (excludes halogenated alkanes) is 1. The third kappa shape index (κ3) is 3.21. The molecule has 2 heteroatoms. The molecule has 0 rings (SSSR count). The Morgan fingerprint density at radius 3 is 2.18 bits per heavy atom. The number of hydrogen-bond donors (Lipinski definition) is 2. The molecule has 0 aliphatic carbocycles. The van der Waals surface area contributed by atoms with Crippen molar-refractivity contribution in [3.8, 4) is 0 Å². The Morgan fingerprint density at radius 2 is 1.91 bits per heavy atom. The van der Waals surface area contributed by atoms with Crippen LogP contribution in [0.15, 0.2) is 0 Å². The zero-order valence-corrected chi connectivity index (χ0v) is 8.06. The summed E-state index contributed by atoms with van der Waals surface area (Å²) in [5.74, 6) is 0. The van der Waals surface area contributed by atoms with Crippen molar-refractivity contribution >= 4 is 0 Å². The zero-order valence-electron chi connectivity index (χ0n) is 8.06. The lowest BCUT2D eigenvalue weighted by atomic mass is 9.85. The predicted molar refractivity (Wildman–Crippen MR) is 50.4 cm³/mol. The van der Waals surface area contributed by atoms with Crippen molar-refractivity contribution in [1.29, 1.82) is 0 Å². The fourth-order valence-electron chi connectivity index (χ4n) is 1.23. The van der Waals surface area contributed by atoms with Crippen molar-refractivity contribution in [2.75, 3.05) is 0 Å². The van der Waals surface area contributed by atoms with Gasteiger partial charge in [-0.2, -0.15) is 0 Å². The van der Waals surface area contributed by atoms with Gasteiger partial charge in [0, 0.05) is 11.6 Å². The minimum atomic E-state index is -0.129. The molecular weight excluding hydrogens is 136 g/mol. The third-order valence-corrected chi connectivity index (χ3v) is 2.56. The Labute approximate surface area is 70.3 Å². The molecule has 2 nitrogen and oxygen atoms in total. The Balaban J connectivity index is 3.88. The quantitative estimate of drug-likeness (QED) is 0.639. The maximum absolute atomic E-state index is 6.10. The van der Waals surface area contributed by atoms with Crippen molar-refractivity contribution in [1.82, 2.24) is 0 Å². The van der Waals surface area contributed by atoms with Gasteiger partial charge in [-0.1, -0.05) is 26.7 Å². The molecular formula is C9H22N2. The van der Waals surface area contributed by atoms with Crippen LogP contribution in [0.5, 0.6) is 0 Å². The highest BCUT2D eigenvalue weighted by atomic mass is 14.8. The topological polar surface area (TPSA) is 52.0 Å². The summed E-state index contributed by atoms with van der Waals surface area (Å²) < 4.78 is 0. The first-order chi connectivity index (χ1) is 5.06. The minimum absolute atomic E-state index is 0.110. The van der Waals surface area contributed by atoms with Gasteiger partial charge in [-0.25, -0.2) is 0 Å². The van der Waals surface area contributed by atoms with Gasteiger partial charge in [-0.15, -0.1) is 0 Å². The fraction of sp³-hybridized carbons (Fsp3) is 1.00. The van der Waals surface area contributed by atoms with E-state index in [4.69, 9.17) is 11.5 Å². The van der Waals surface area contributed by atoms with Crippen molar-refractivity contribution in [2.24, 2.45) is 11.5 Å². The molecule has 0 aromatic rings. The molecule has 0 saturated carbocycles. The maximum atomic E-state index is 6.10. The lowest BCUT2D eigenvalue weighted by Crippen LogP contribution is -2.53. The first-order valence-electron chi connectivity index (χ1n) is 4.61. The lowest BCUT2D eigenvalue weighted by molar-refractivity contribution is 0.314. The normalized spacial score (nSPS) is 19.4. The lowest BCUT2D eigenvalue weighted by Gasteiger charge is -2.32. The average Bonchev–Trinajstić information content (AvgIpc) is 2.00. The van der Waals surface area contributed by atoms with Gasteiger partial charge in [-0.05, 0) is 19.8 Å². The Bertz CT molecular complexity index is 102. The third-order valence-electron chi connectivity index (χ3n) is 2.56. The van der Waals surface area contributed by atoms with Crippen LogP contribution >= 0.6 is 0 Å². The van der Waals surface area contributed by atoms with E-state index >= 15 is 0 Å². The molecule has 0 aliphatic rings. The van der Waals surface area contributed by atoms with Crippen LogP contribution in [-0.2, 0) is 0 Å². The van der Waals surface area contributed by atoms with E-state index in [2.05, 4.69) is 13.8 Å². The maximum Gasteiger partial charge on any atom is 0.0302 e. The predicted octanol–water partition coefficient (Wildman–Crippen LogP) is 1.63. The van der Waals surface area contributed by atoms with E-state index in [0.29, 0.717) is 0 Å². The monoisotopic (exact) mass is 158 g/mol. The summed E-state index contributed by atoms with van der Waals surface area (Å²) in [5.41, 5.74) is 11.8. The van der Waals surface area contributed by atoms with Crippen LogP contribution in [0.3, 0.4) is 0 Å². The van der Waals surface area contributed by atoms with Gasteiger partial charge in [-0.3, -0.25) is 0 Å². The van der Waals surface area contributed by atoms with Crippen molar-refractivity contribution in [3.05, 3.63) is 0 Å². The first-order valence-corrected chi connectivity index (χ1v) is 4.61. The van der Waals surface area contributed by atoms with Gasteiger partial charge in [0.1, 0.15) is 0 Å². The van der Waals surface area contributed by atoms with Gasteiger partial charge in [0.05, 0.1) is 0 Å². The van der Waals surface area contributed by atoms with Crippen LogP contribution in [0.25, 0.3) is 0 Å². The minimum Gasteiger partial charge on any atom is -0.326 e. The number of nitrogens with two attached hydrogens (primary N) is 2. The summed E-state index contributed by atoms with van der Waals surface area (Å²) in [6, 6.07) is 0.110. The van der Waals surface area contributed by atoms with Crippen molar-refractivity contribution < 1.29 is 0 Å². The Morgan fingerprint density at radius 1 is 1.36 bits per heavy atom. The van der Waals surface area contributed by atoms with Crippen LogP contribution in [0.4, 0.5) is 0 Å². The van der Waals surface area contributed by atoms with Gasteiger partial charge in [0.15, 0.2) is 0 Å². The van der Waals surface area contributed by atoms with Gasteiger partial charge < -0.3 is 11.5 Å². The first kappa shape index (κ1) is 10.9. The zero-order chi connectivity index (χ0) is 8.91. The Kier molecular flexibility index (Phi) is 4.69. The summed E-state index contributed by atoms with van der Waals surface area (Å²) in [4.78, 5) is 0. The van der Waals surface area contributed by atoms with Crippen LogP contribution in [0.2, 0.25) is 0 Å². The molecule has 0 spiro atoms. The number of hydrogen-bond acceptors (Lipinski definition) is 2. The van der Waals surface area contributed by atoms with Crippen LogP contribution < -0.4 is 11.5 Å². The molecule has 2 unspecified atom stereocenters. The molecule has 11 heavy (non-hydrogen) atoms. The molecule has 68 valence electrons. The van der Waals surface area contributed by atoms with Gasteiger partial charge >= 0.3 is 0 Å². The second-order valence-electron chi connectivity index (χ2n) is 3.48. The highest BCUT2D eigenvalue weighted by Gasteiger charge is 2.25. The highest BCUT2D eigenvalue weighted by Crippen LogP contribution is 2.18. The molecule has 0 radical (unpaired) electrons. The molecule has 0 heterocycles. The second-order valence-corrected chi connectivity index (χ2v) is 3.48. The summed E-state index contributed by atoms with van der Waals surface area (Å²) in [5, 5.41) is 0. The van der Waals surface area contributed by atoms with E-state index in [9.17, 15) is 0 Å². The van der Waals surface area contributed by atoms with Gasteiger partial charge in [0.2, 0.25) is 0 Å². The molecule has 0 aromatic carbocycles. The van der Waals surface area contributed by atoms with Crippen molar-refractivity contribution in [2.45, 2.75) is 58.0 Å². The molecule has 0 amide bonds. The standard InChI is InChI=1S/C9H22N2/c1-4-6-7-9(11,5-2)8(3)10/h8H,4-7,10-11H2,1-3H3. The van der Waals surface area contributed by atoms with Crippen molar-refractivity contribution in [3.63, 3.8) is 0 Å². The summed E-state index contributed by atoms with van der Waals surface area (Å²) in [7, 11) is 0. The highest BCUT2D eigenvalue weighted by molar-refractivity contribution is 4.90. The SMILES string of the molecule is CCCCC(N)(CC)C(C)N. The smallest absolute Gasteiger partial charge is 0.0302 e. The molecule has 0 fully saturated rings. The molecule has 0 bridgehead atoms. The van der Waals surface area contributed by atoms with Crippen LogP contribution in [0, 0.1) is 0 Å². The van der Waals surface area contributed by atoms with E-state index < -0.39 is 0 Å².